The number of carbonyl (C=O) groups excluding carboxylic acids is 1. The van der Waals surface area contributed by atoms with E-state index in [0.717, 1.165) is 5.82 Å². The summed E-state index contributed by atoms with van der Waals surface area (Å²) in [5.74, 6) is 1.19. The van der Waals surface area contributed by atoms with E-state index in [1.165, 1.54) is 24.3 Å². The van der Waals surface area contributed by atoms with Crippen molar-refractivity contribution in [1.82, 2.24) is 9.55 Å². The van der Waals surface area contributed by atoms with Gasteiger partial charge in [0.25, 0.3) is 5.69 Å². The highest BCUT2D eigenvalue weighted by molar-refractivity contribution is 6.32. The molecule has 142 valence electrons. The van der Waals surface area contributed by atoms with Crippen LogP contribution >= 0.6 is 11.6 Å². The van der Waals surface area contributed by atoms with E-state index in [4.69, 9.17) is 16.3 Å². The lowest BCUT2D eigenvalue weighted by atomic mass is 10.1. The van der Waals surface area contributed by atoms with Crippen molar-refractivity contribution in [1.29, 1.82) is 0 Å². The second-order valence-corrected chi connectivity index (χ2v) is 6.34. The van der Waals surface area contributed by atoms with Crippen LogP contribution in [-0.4, -0.2) is 20.3 Å². The van der Waals surface area contributed by atoms with E-state index < -0.39 is 4.92 Å². The molecule has 0 N–H and O–H groups in total. The molecule has 0 fully saturated rings. The quantitative estimate of drug-likeness (QED) is 0.254. The van der Waals surface area contributed by atoms with Crippen LogP contribution in [0.1, 0.15) is 21.7 Å². The van der Waals surface area contributed by atoms with Gasteiger partial charge in [0.05, 0.1) is 4.92 Å². The number of aromatic nitrogens is 2. The summed E-state index contributed by atoms with van der Waals surface area (Å²) in [6.45, 7) is 0.325. The molecule has 3 aromatic rings. The van der Waals surface area contributed by atoms with Gasteiger partial charge in [0.1, 0.15) is 23.2 Å². The van der Waals surface area contributed by atoms with Gasteiger partial charge in [-0.25, -0.2) is 4.98 Å². The van der Waals surface area contributed by atoms with Gasteiger partial charge in [0, 0.05) is 31.1 Å². The molecule has 0 aliphatic carbocycles. The molecule has 8 heteroatoms. The number of nitro groups is 1. The van der Waals surface area contributed by atoms with E-state index in [2.05, 4.69) is 4.98 Å². The number of benzene rings is 2. The second kappa shape index (κ2) is 8.49. The maximum Gasteiger partial charge on any atom is 0.288 e. The highest BCUT2D eigenvalue weighted by Crippen LogP contribution is 2.25. The third-order valence-electron chi connectivity index (χ3n) is 4.02. The zero-order chi connectivity index (χ0) is 20.1. The molecule has 1 heterocycles. The largest absolute Gasteiger partial charge is 0.486 e. The number of ether oxygens (including phenoxy) is 1. The lowest BCUT2D eigenvalue weighted by Crippen LogP contribution is -2.03. The molecule has 0 amide bonds. The van der Waals surface area contributed by atoms with Gasteiger partial charge in [-0.15, -0.1) is 0 Å². The molecule has 0 radical (unpaired) electrons. The van der Waals surface area contributed by atoms with Crippen LogP contribution in [0.2, 0.25) is 5.02 Å². The zero-order valence-corrected chi connectivity index (χ0v) is 15.7. The van der Waals surface area contributed by atoms with Crippen LogP contribution in [-0.2, 0) is 13.7 Å². The molecule has 1 aromatic heterocycles. The highest BCUT2D eigenvalue weighted by atomic mass is 35.5. The molecular weight excluding hydrogens is 382 g/mol. The van der Waals surface area contributed by atoms with Crippen molar-refractivity contribution in [2.75, 3.05) is 0 Å². The number of carbonyl (C=O) groups is 1. The molecule has 0 aliphatic rings. The molecule has 0 unspecified atom stereocenters. The van der Waals surface area contributed by atoms with E-state index in [1.807, 2.05) is 17.8 Å². The van der Waals surface area contributed by atoms with Gasteiger partial charge in [0.15, 0.2) is 5.78 Å². The summed E-state index contributed by atoms with van der Waals surface area (Å²) in [7, 11) is 1.88. The minimum absolute atomic E-state index is 0.0506. The summed E-state index contributed by atoms with van der Waals surface area (Å²) >= 11 is 5.78. The molecule has 28 heavy (non-hydrogen) atoms. The van der Waals surface area contributed by atoms with Crippen LogP contribution in [0, 0.1) is 10.1 Å². The molecule has 0 aliphatic heterocycles. The minimum atomic E-state index is -0.564. The third-order valence-corrected chi connectivity index (χ3v) is 4.34. The Labute approximate surface area is 166 Å². The molecule has 0 saturated heterocycles. The van der Waals surface area contributed by atoms with Crippen molar-refractivity contribution < 1.29 is 14.5 Å². The third kappa shape index (κ3) is 4.63. The second-order valence-electron chi connectivity index (χ2n) is 5.93. The average Bonchev–Trinajstić information content (AvgIpc) is 3.10. The average molecular weight is 398 g/mol. The maximum atomic E-state index is 12.3. The summed E-state index contributed by atoms with van der Waals surface area (Å²) in [6, 6.07) is 11.1. The van der Waals surface area contributed by atoms with Gasteiger partial charge in [-0.2, -0.15) is 0 Å². The van der Waals surface area contributed by atoms with E-state index in [1.54, 1.807) is 36.5 Å². The number of aryl methyl sites for hydroxylation is 1. The fourth-order valence-electron chi connectivity index (χ4n) is 2.44. The Bertz CT molecular complexity index is 1040. The highest BCUT2D eigenvalue weighted by Gasteiger charge is 2.12. The number of allylic oxidation sites excluding steroid dienone is 1. The number of hydrogen-bond acceptors (Lipinski definition) is 5. The zero-order valence-electron chi connectivity index (χ0n) is 14.9. The Hall–Kier alpha value is -3.45. The Morgan fingerprint density at radius 1 is 1.29 bits per heavy atom. The molecule has 2 aromatic carbocycles. The first-order valence-electron chi connectivity index (χ1n) is 8.29. The number of ketones is 1. The van der Waals surface area contributed by atoms with Gasteiger partial charge in [-0.1, -0.05) is 23.7 Å². The molecule has 0 saturated carbocycles. The van der Waals surface area contributed by atoms with Crippen molar-refractivity contribution in [2.24, 2.45) is 7.05 Å². The minimum Gasteiger partial charge on any atom is -0.486 e. The van der Waals surface area contributed by atoms with Gasteiger partial charge >= 0.3 is 0 Å². The summed E-state index contributed by atoms with van der Waals surface area (Å²) in [5, 5.41) is 11.0. The summed E-state index contributed by atoms with van der Waals surface area (Å²) in [5.41, 5.74) is 0.786. The number of nitro benzene ring substituents is 1. The summed E-state index contributed by atoms with van der Waals surface area (Å²) in [6.07, 6.45) is 6.40. The number of imidazole rings is 1. The summed E-state index contributed by atoms with van der Waals surface area (Å²) < 4.78 is 7.52. The van der Waals surface area contributed by atoms with Crippen LogP contribution in [0.4, 0.5) is 5.69 Å². The number of halogens is 1. The fraction of sp³-hybridized carbons (Fsp3) is 0.100. The first-order chi connectivity index (χ1) is 13.4. The lowest BCUT2D eigenvalue weighted by Gasteiger charge is -2.06. The monoisotopic (exact) mass is 397 g/mol. The lowest BCUT2D eigenvalue weighted by molar-refractivity contribution is -0.384. The molecular formula is C20H16ClN3O4. The van der Waals surface area contributed by atoms with Crippen molar-refractivity contribution in [3.05, 3.63) is 93.0 Å². The van der Waals surface area contributed by atoms with Crippen LogP contribution in [0.5, 0.6) is 5.75 Å². The molecule has 0 bridgehead atoms. The maximum absolute atomic E-state index is 12.3. The van der Waals surface area contributed by atoms with Crippen molar-refractivity contribution >= 4 is 29.1 Å². The Balaban J connectivity index is 1.64. The van der Waals surface area contributed by atoms with E-state index >= 15 is 0 Å². The number of hydrogen-bond donors (Lipinski definition) is 0. The normalized spacial score (nSPS) is 10.9. The first-order valence-corrected chi connectivity index (χ1v) is 8.67. The standard InChI is InChI=1S/C20H16ClN3O4/c1-23-11-10-22-20(23)13-28-16-6-4-15(5-7-16)19(25)9-3-14-2-8-17(21)18(12-14)24(26)27/h2-12H,13H2,1H3/b9-3+. The van der Waals surface area contributed by atoms with E-state index in [-0.39, 0.29) is 16.5 Å². The fourth-order valence-corrected chi connectivity index (χ4v) is 2.63. The van der Waals surface area contributed by atoms with Crippen molar-refractivity contribution in [2.45, 2.75) is 6.61 Å². The van der Waals surface area contributed by atoms with Crippen LogP contribution in [0.3, 0.4) is 0 Å². The van der Waals surface area contributed by atoms with Crippen molar-refractivity contribution in [3.63, 3.8) is 0 Å². The Morgan fingerprint density at radius 3 is 2.68 bits per heavy atom. The van der Waals surface area contributed by atoms with Gasteiger partial charge in [-0.3, -0.25) is 14.9 Å². The predicted molar refractivity (Wildman–Crippen MR) is 105 cm³/mol. The predicted octanol–water partition coefficient (Wildman–Crippen LogP) is 4.46. The van der Waals surface area contributed by atoms with Crippen LogP contribution < -0.4 is 4.74 Å². The number of nitrogens with zero attached hydrogens (tertiary/aromatic N) is 3. The molecule has 0 atom stereocenters. The van der Waals surface area contributed by atoms with E-state index in [9.17, 15) is 14.9 Å². The topological polar surface area (TPSA) is 87.3 Å². The van der Waals surface area contributed by atoms with Gasteiger partial charge in [-0.05, 0) is 42.0 Å². The van der Waals surface area contributed by atoms with Gasteiger partial charge in [0.2, 0.25) is 0 Å². The first kappa shape index (κ1) is 19.3. The van der Waals surface area contributed by atoms with Crippen molar-refractivity contribution in [3.8, 4) is 5.75 Å². The van der Waals surface area contributed by atoms with Crippen LogP contribution in [0.15, 0.2) is 60.9 Å². The molecule has 7 nitrogen and oxygen atoms in total. The smallest absolute Gasteiger partial charge is 0.288 e. The molecule has 0 spiro atoms. The Morgan fingerprint density at radius 2 is 2.04 bits per heavy atom. The van der Waals surface area contributed by atoms with Gasteiger partial charge < -0.3 is 9.30 Å². The molecule has 3 rings (SSSR count). The SMILES string of the molecule is Cn1ccnc1COc1ccc(C(=O)/C=C/c2ccc(Cl)c([N+](=O)[O-])c2)cc1. The van der Waals surface area contributed by atoms with Crippen LogP contribution in [0.25, 0.3) is 6.08 Å². The Kier molecular flexibility index (Phi) is 5.86. The summed E-state index contributed by atoms with van der Waals surface area (Å²) in [4.78, 5) is 26.8. The van der Waals surface area contributed by atoms with E-state index in [0.29, 0.717) is 23.5 Å². The number of rotatable bonds is 7.